The molecular weight excluding hydrogens is 450 g/mol. The second-order valence-electron chi connectivity index (χ2n) is 9.13. The Hall–Kier alpha value is -3.39. The molecule has 1 amide bonds. The smallest absolute Gasteiger partial charge is 0.234 e. The summed E-state index contributed by atoms with van der Waals surface area (Å²) in [5.74, 6) is -1.86. The summed E-state index contributed by atoms with van der Waals surface area (Å²) >= 11 is 0. The van der Waals surface area contributed by atoms with E-state index in [1.807, 2.05) is 24.3 Å². The Morgan fingerprint density at radius 2 is 1.77 bits per heavy atom. The minimum atomic E-state index is -0.974. The van der Waals surface area contributed by atoms with Crippen LogP contribution in [-0.2, 0) is 22.4 Å². The van der Waals surface area contributed by atoms with Crippen molar-refractivity contribution >= 4 is 28.3 Å². The molecule has 1 aliphatic rings. The Kier molecular flexibility index (Phi) is 8.02. The molecule has 0 radical (unpaired) electrons. The molecule has 1 atom stereocenters. The number of nitrogens with zero attached hydrogens (tertiary/aromatic N) is 2. The van der Waals surface area contributed by atoms with E-state index in [1.54, 1.807) is 6.20 Å². The summed E-state index contributed by atoms with van der Waals surface area (Å²) < 4.78 is 27.1. The monoisotopic (exact) mass is 480 g/mol. The van der Waals surface area contributed by atoms with E-state index >= 15 is 0 Å². The predicted molar refractivity (Wildman–Crippen MR) is 132 cm³/mol. The third kappa shape index (κ3) is 6.60. The SMILES string of the molecule is Nc1nccc2cc(CCC(=O)[C@H](Cc3ccc(F)c(F)c3)NC(=O)CN3CCCCC3)ccc12. The summed E-state index contributed by atoms with van der Waals surface area (Å²) in [5.41, 5.74) is 7.33. The van der Waals surface area contributed by atoms with Crippen LogP contribution in [0.15, 0.2) is 48.7 Å². The standard InChI is InChI=1S/C27H30F2N4O2/c28-22-8-5-19(15-23(22)29)16-24(32-26(35)17-33-12-2-1-3-13-33)25(34)9-6-18-4-7-21-20(14-18)10-11-31-27(21)30/h4-5,7-8,10-11,14-15,24H,1-3,6,9,12-13,16-17H2,(H2,30,31)(H,32,35)/t24-/m0/s1. The molecule has 184 valence electrons. The number of hydrogen-bond donors (Lipinski definition) is 2. The predicted octanol–water partition coefficient (Wildman–Crippen LogP) is 3.81. The van der Waals surface area contributed by atoms with Crippen molar-refractivity contribution in [1.82, 2.24) is 15.2 Å². The maximum absolute atomic E-state index is 13.8. The molecular formula is C27H30F2N4O2. The van der Waals surface area contributed by atoms with Crippen molar-refractivity contribution in [1.29, 1.82) is 0 Å². The molecule has 2 aromatic carbocycles. The average molecular weight is 481 g/mol. The summed E-state index contributed by atoms with van der Waals surface area (Å²) in [6.45, 7) is 1.94. The fraction of sp³-hybridized carbons (Fsp3) is 0.370. The van der Waals surface area contributed by atoms with E-state index in [9.17, 15) is 18.4 Å². The van der Waals surface area contributed by atoms with Gasteiger partial charge in [-0.15, -0.1) is 0 Å². The van der Waals surface area contributed by atoms with E-state index in [4.69, 9.17) is 5.73 Å². The fourth-order valence-electron chi connectivity index (χ4n) is 4.56. The maximum atomic E-state index is 13.8. The number of Topliss-reactive ketones (excluding diaryl/α,β-unsaturated/α-hetero) is 1. The minimum absolute atomic E-state index is 0.0989. The number of nitrogens with two attached hydrogens (primary N) is 1. The highest BCUT2D eigenvalue weighted by Gasteiger charge is 2.23. The maximum Gasteiger partial charge on any atom is 0.234 e. The molecule has 0 saturated carbocycles. The molecule has 3 N–H and O–H groups in total. The summed E-state index contributed by atoms with van der Waals surface area (Å²) in [6, 6.07) is 10.4. The van der Waals surface area contributed by atoms with Gasteiger partial charge in [0.2, 0.25) is 5.91 Å². The highest BCUT2D eigenvalue weighted by atomic mass is 19.2. The zero-order chi connectivity index (χ0) is 24.8. The first-order chi connectivity index (χ1) is 16.9. The van der Waals surface area contributed by atoms with Crippen LogP contribution < -0.4 is 11.1 Å². The third-order valence-corrected chi connectivity index (χ3v) is 6.48. The van der Waals surface area contributed by atoms with Gasteiger partial charge in [0, 0.05) is 18.0 Å². The first-order valence-electron chi connectivity index (χ1n) is 12.0. The van der Waals surface area contributed by atoms with Crippen molar-refractivity contribution in [2.45, 2.75) is 44.6 Å². The number of ketones is 1. The molecule has 0 aliphatic carbocycles. The zero-order valence-corrected chi connectivity index (χ0v) is 19.6. The Morgan fingerprint density at radius 3 is 2.54 bits per heavy atom. The van der Waals surface area contributed by atoms with E-state index in [0.29, 0.717) is 17.8 Å². The number of aryl methyl sites for hydroxylation is 1. The summed E-state index contributed by atoms with van der Waals surface area (Å²) in [7, 11) is 0. The second kappa shape index (κ2) is 11.4. The zero-order valence-electron chi connectivity index (χ0n) is 19.6. The van der Waals surface area contributed by atoms with Gasteiger partial charge in [0.15, 0.2) is 17.4 Å². The molecule has 3 aromatic rings. The fourth-order valence-corrected chi connectivity index (χ4v) is 4.56. The number of anilines is 1. The number of rotatable bonds is 9. The third-order valence-electron chi connectivity index (χ3n) is 6.48. The van der Waals surface area contributed by atoms with E-state index in [1.165, 1.54) is 6.07 Å². The van der Waals surface area contributed by atoms with Crippen LogP contribution in [-0.4, -0.2) is 47.3 Å². The Labute approximate surface area is 203 Å². The summed E-state index contributed by atoms with van der Waals surface area (Å²) in [5, 5.41) is 4.64. The van der Waals surface area contributed by atoms with Crippen molar-refractivity contribution in [2.24, 2.45) is 0 Å². The molecule has 1 saturated heterocycles. The molecule has 6 nitrogen and oxygen atoms in total. The number of piperidine rings is 1. The van der Waals surface area contributed by atoms with Crippen LogP contribution in [0.5, 0.6) is 0 Å². The second-order valence-corrected chi connectivity index (χ2v) is 9.13. The van der Waals surface area contributed by atoms with Gasteiger partial charge in [-0.3, -0.25) is 14.5 Å². The number of aromatic nitrogens is 1. The number of nitrogen functional groups attached to an aromatic ring is 1. The number of nitrogens with one attached hydrogen (secondary N) is 1. The average Bonchev–Trinajstić information content (AvgIpc) is 2.85. The van der Waals surface area contributed by atoms with Crippen molar-refractivity contribution in [3.05, 3.63) is 71.4 Å². The van der Waals surface area contributed by atoms with Gasteiger partial charge in [0.25, 0.3) is 0 Å². The van der Waals surface area contributed by atoms with Crippen molar-refractivity contribution in [3.8, 4) is 0 Å². The molecule has 1 aromatic heterocycles. The number of fused-ring (bicyclic) bond motifs is 1. The Bertz CT molecular complexity index is 1210. The van der Waals surface area contributed by atoms with Gasteiger partial charge in [-0.1, -0.05) is 30.7 Å². The summed E-state index contributed by atoms with van der Waals surface area (Å²) in [6.07, 6.45) is 5.69. The number of halogens is 2. The number of amides is 1. The van der Waals surface area contributed by atoms with Crippen molar-refractivity contribution in [2.75, 3.05) is 25.4 Å². The van der Waals surface area contributed by atoms with Crippen LogP contribution in [0.4, 0.5) is 14.6 Å². The highest BCUT2D eigenvalue weighted by molar-refractivity contribution is 5.92. The molecule has 4 rings (SSSR count). The molecule has 1 fully saturated rings. The number of benzene rings is 2. The molecule has 35 heavy (non-hydrogen) atoms. The summed E-state index contributed by atoms with van der Waals surface area (Å²) in [4.78, 5) is 32.1. The number of likely N-dealkylation sites (tertiary alicyclic amines) is 1. The van der Waals surface area contributed by atoms with Crippen LogP contribution in [0, 0.1) is 11.6 Å². The lowest BCUT2D eigenvalue weighted by molar-refractivity contribution is -0.128. The van der Waals surface area contributed by atoms with Gasteiger partial charge in [0.05, 0.1) is 12.6 Å². The molecule has 0 unspecified atom stereocenters. The number of pyridine rings is 1. The molecule has 0 spiro atoms. The van der Waals surface area contributed by atoms with Crippen LogP contribution in [0.25, 0.3) is 10.8 Å². The van der Waals surface area contributed by atoms with Gasteiger partial charge in [-0.2, -0.15) is 0 Å². The Morgan fingerprint density at radius 1 is 1.00 bits per heavy atom. The van der Waals surface area contributed by atoms with Crippen molar-refractivity contribution < 1.29 is 18.4 Å². The number of carbonyl (C=O) groups excluding carboxylic acids is 2. The molecule has 8 heteroatoms. The van der Waals surface area contributed by atoms with Crippen molar-refractivity contribution in [3.63, 3.8) is 0 Å². The Balaban J connectivity index is 1.44. The lowest BCUT2D eigenvalue weighted by Gasteiger charge is -2.27. The lowest BCUT2D eigenvalue weighted by Crippen LogP contribution is -2.47. The first kappa shape index (κ1) is 24.7. The number of carbonyl (C=O) groups is 2. The van der Waals surface area contributed by atoms with Crippen LogP contribution in [0.2, 0.25) is 0 Å². The van der Waals surface area contributed by atoms with Gasteiger partial charge >= 0.3 is 0 Å². The quantitative estimate of drug-likeness (QED) is 0.486. The van der Waals surface area contributed by atoms with E-state index in [0.717, 1.165) is 60.8 Å². The molecule has 0 bridgehead atoms. The van der Waals surface area contributed by atoms with Crippen LogP contribution >= 0.6 is 0 Å². The normalized spacial score (nSPS) is 15.1. The van der Waals surface area contributed by atoms with E-state index < -0.39 is 17.7 Å². The van der Waals surface area contributed by atoms with Gasteiger partial charge in [-0.25, -0.2) is 13.8 Å². The van der Waals surface area contributed by atoms with Crippen LogP contribution in [0.3, 0.4) is 0 Å². The number of hydrogen-bond acceptors (Lipinski definition) is 5. The largest absolute Gasteiger partial charge is 0.383 e. The van der Waals surface area contributed by atoms with E-state index in [2.05, 4.69) is 15.2 Å². The van der Waals surface area contributed by atoms with Gasteiger partial charge in [-0.05, 0) is 73.5 Å². The lowest BCUT2D eigenvalue weighted by atomic mass is 9.96. The topological polar surface area (TPSA) is 88.3 Å². The first-order valence-corrected chi connectivity index (χ1v) is 12.0. The van der Waals surface area contributed by atoms with Gasteiger partial charge < -0.3 is 11.1 Å². The minimum Gasteiger partial charge on any atom is -0.383 e. The van der Waals surface area contributed by atoms with Gasteiger partial charge in [0.1, 0.15) is 5.82 Å². The molecule has 1 aliphatic heterocycles. The highest BCUT2D eigenvalue weighted by Crippen LogP contribution is 2.21. The van der Waals surface area contributed by atoms with E-state index in [-0.39, 0.29) is 31.1 Å². The van der Waals surface area contributed by atoms with Crippen LogP contribution in [0.1, 0.15) is 36.8 Å². The molecule has 2 heterocycles.